The highest BCUT2D eigenvalue weighted by Gasteiger charge is 2.40. The number of nitrogens with zero attached hydrogens (tertiary/aromatic N) is 1. The van der Waals surface area contributed by atoms with Gasteiger partial charge in [0.15, 0.2) is 0 Å². The second kappa shape index (κ2) is 5.86. The van der Waals surface area contributed by atoms with E-state index in [0.29, 0.717) is 6.54 Å². The first kappa shape index (κ1) is 13.8. The van der Waals surface area contributed by atoms with E-state index in [1.165, 1.54) is 0 Å². The maximum Gasteiger partial charge on any atom is 0.315 e. The number of hydrogen-bond donors (Lipinski definition) is 3. The molecule has 0 aromatic heterocycles. The molecule has 6 nitrogen and oxygen atoms in total. The Labute approximate surface area is 101 Å². The van der Waals surface area contributed by atoms with Crippen LogP contribution >= 0.6 is 0 Å². The first-order chi connectivity index (χ1) is 7.93. The summed E-state index contributed by atoms with van der Waals surface area (Å²) in [6, 6.07) is -0.271. The van der Waals surface area contributed by atoms with Gasteiger partial charge in [-0.25, -0.2) is 4.79 Å². The SMILES string of the molecule is CN(C)CCNC(=O)NC1(CC(=O)O)CCC1. The van der Waals surface area contributed by atoms with Crippen molar-refractivity contribution in [1.82, 2.24) is 15.5 Å². The maximum absolute atomic E-state index is 11.6. The number of carbonyl (C=O) groups is 2. The van der Waals surface area contributed by atoms with Crippen LogP contribution < -0.4 is 10.6 Å². The highest BCUT2D eigenvalue weighted by molar-refractivity contribution is 5.77. The van der Waals surface area contributed by atoms with Gasteiger partial charge in [-0.2, -0.15) is 0 Å². The molecule has 6 heteroatoms. The Kier molecular flexibility index (Phi) is 4.74. The van der Waals surface area contributed by atoms with Crippen LogP contribution in [-0.2, 0) is 4.79 Å². The average Bonchev–Trinajstić information content (AvgIpc) is 2.12. The third-order valence-corrected chi connectivity index (χ3v) is 3.02. The number of amides is 2. The molecular weight excluding hydrogens is 222 g/mol. The Hall–Kier alpha value is -1.30. The fourth-order valence-electron chi connectivity index (χ4n) is 1.92. The molecule has 0 atom stereocenters. The van der Waals surface area contributed by atoms with Gasteiger partial charge in [0.25, 0.3) is 0 Å². The van der Waals surface area contributed by atoms with Gasteiger partial charge < -0.3 is 20.6 Å². The van der Waals surface area contributed by atoms with Crippen molar-refractivity contribution in [1.29, 1.82) is 0 Å². The second-order valence-electron chi connectivity index (χ2n) is 4.89. The van der Waals surface area contributed by atoms with Crippen molar-refractivity contribution in [3.63, 3.8) is 0 Å². The van der Waals surface area contributed by atoms with Gasteiger partial charge in [0.05, 0.1) is 12.0 Å². The largest absolute Gasteiger partial charge is 0.481 e. The van der Waals surface area contributed by atoms with Crippen LogP contribution in [0.1, 0.15) is 25.7 Å². The Morgan fingerprint density at radius 3 is 2.41 bits per heavy atom. The molecule has 0 heterocycles. The highest BCUT2D eigenvalue weighted by atomic mass is 16.4. The summed E-state index contributed by atoms with van der Waals surface area (Å²) in [6.45, 7) is 1.32. The molecular formula is C11H21N3O3. The van der Waals surface area contributed by atoms with Gasteiger partial charge in [-0.1, -0.05) is 0 Å². The molecule has 1 saturated carbocycles. The lowest BCUT2D eigenvalue weighted by Gasteiger charge is -2.41. The normalized spacial score (nSPS) is 17.4. The van der Waals surface area contributed by atoms with E-state index in [4.69, 9.17) is 5.11 Å². The van der Waals surface area contributed by atoms with Gasteiger partial charge in [-0.15, -0.1) is 0 Å². The summed E-state index contributed by atoms with van der Waals surface area (Å²) in [5.74, 6) is -0.863. The highest BCUT2D eigenvalue weighted by Crippen LogP contribution is 2.34. The number of nitrogens with one attached hydrogen (secondary N) is 2. The van der Waals surface area contributed by atoms with Gasteiger partial charge >= 0.3 is 12.0 Å². The van der Waals surface area contributed by atoms with E-state index in [1.807, 2.05) is 19.0 Å². The van der Waals surface area contributed by atoms with E-state index in [9.17, 15) is 9.59 Å². The number of rotatable bonds is 6. The predicted octanol–water partition coefficient (Wildman–Crippen LogP) is 0.245. The molecule has 0 aromatic carbocycles. The molecule has 17 heavy (non-hydrogen) atoms. The molecule has 0 radical (unpaired) electrons. The first-order valence-electron chi connectivity index (χ1n) is 5.86. The van der Waals surface area contributed by atoms with Crippen LogP contribution in [0.5, 0.6) is 0 Å². The fraction of sp³-hybridized carbons (Fsp3) is 0.818. The molecule has 1 aliphatic rings. The number of urea groups is 1. The smallest absolute Gasteiger partial charge is 0.315 e. The van der Waals surface area contributed by atoms with Gasteiger partial charge in [-0.3, -0.25) is 4.79 Å². The Morgan fingerprint density at radius 2 is 2.00 bits per heavy atom. The fourth-order valence-corrected chi connectivity index (χ4v) is 1.92. The number of aliphatic carboxylic acids is 1. The topological polar surface area (TPSA) is 81.7 Å². The monoisotopic (exact) mass is 243 g/mol. The molecule has 0 aromatic rings. The number of carbonyl (C=O) groups excluding carboxylic acids is 1. The van der Waals surface area contributed by atoms with E-state index in [1.54, 1.807) is 0 Å². The number of likely N-dealkylation sites (N-methyl/N-ethyl adjacent to an activating group) is 1. The lowest BCUT2D eigenvalue weighted by atomic mass is 9.74. The summed E-state index contributed by atoms with van der Waals surface area (Å²) in [7, 11) is 3.86. The molecule has 1 aliphatic carbocycles. The van der Waals surface area contributed by atoms with Crippen molar-refractivity contribution < 1.29 is 14.7 Å². The molecule has 1 fully saturated rings. The average molecular weight is 243 g/mol. The summed E-state index contributed by atoms with van der Waals surface area (Å²) in [5, 5.41) is 14.3. The van der Waals surface area contributed by atoms with Crippen LogP contribution in [0.3, 0.4) is 0 Å². The van der Waals surface area contributed by atoms with Crippen LogP contribution in [0.25, 0.3) is 0 Å². The lowest BCUT2D eigenvalue weighted by molar-refractivity contribution is -0.139. The minimum atomic E-state index is -0.863. The standard InChI is InChI=1S/C11H21N3O3/c1-14(2)7-6-12-10(17)13-11(4-3-5-11)8-9(15)16/h3-8H2,1-2H3,(H,15,16)(H2,12,13,17). The zero-order valence-electron chi connectivity index (χ0n) is 10.5. The zero-order valence-corrected chi connectivity index (χ0v) is 10.5. The summed E-state index contributed by atoms with van der Waals surface area (Å²) >= 11 is 0. The van der Waals surface area contributed by atoms with Crippen molar-refractivity contribution in [3.8, 4) is 0 Å². The van der Waals surface area contributed by atoms with E-state index in [-0.39, 0.29) is 12.5 Å². The maximum atomic E-state index is 11.6. The molecule has 0 saturated heterocycles. The van der Waals surface area contributed by atoms with Gasteiger partial charge in [0.2, 0.25) is 0 Å². The third kappa shape index (κ3) is 4.60. The van der Waals surface area contributed by atoms with Crippen molar-refractivity contribution >= 4 is 12.0 Å². The van der Waals surface area contributed by atoms with Crippen LogP contribution in [0.15, 0.2) is 0 Å². The minimum Gasteiger partial charge on any atom is -0.481 e. The zero-order chi connectivity index (χ0) is 12.9. The van der Waals surface area contributed by atoms with Gasteiger partial charge in [-0.05, 0) is 33.4 Å². The van der Waals surface area contributed by atoms with Crippen LogP contribution in [0.2, 0.25) is 0 Å². The molecule has 3 N–H and O–H groups in total. The quantitative estimate of drug-likeness (QED) is 0.624. The third-order valence-electron chi connectivity index (χ3n) is 3.02. The van der Waals surface area contributed by atoms with Crippen LogP contribution in [0.4, 0.5) is 4.79 Å². The van der Waals surface area contributed by atoms with Crippen molar-refractivity contribution in [2.75, 3.05) is 27.2 Å². The van der Waals surface area contributed by atoms with Gasteiger partial charge in [0.1, 0.15) is 0 Å². The molecule has 2 amide bonds. The molecule has 0 aliphatic heterocycles. The Morgan fingerprint density at radius 1 is 1.35 bits per heavy atom. The van der Waals surface area contributed by atoms with Gasteiger partial charge in [0, 0.05) is 13.1 Å². The second-order valence-corrected chi connectivity index (χ2v) is 4.89. The summed E-state index contributed by atoms with van der Waals surface area (Å²) in [5.41, 5.74) is -0.520. The molecule has 0 bridgehead atoms. The summed E-state index contributed by atoms with van der Waals surface area (Å²) in [6.07, 6.45) is 2.49. The minimum absolute atomic E-state index is 0.00804. The number of carboxylic acid groups (broad SMARTS) is 1. The summed E-state index contributed by atoms with van der Waals surface area (Å²) in [4.78, 5) is 24.3. The number of hydrogen-bond acceptors (Lipinski definition) is 3. The van der Waals surface area contributed by atoms with E-state index in [2.05, 4.69) is 10.6 Å². The van der Waals surface area contributed by atoms with Crippen molar-refractivity contribution in [2.45, 2.75) is 31.2 Å². The van der Waals surface area contributed by atoms with Crippen LogP contribution in [0, 0.1) is 0 Å². The first-order valence-corrected chi connectivity index (χ1v) is 5.86. The van der Waals surface area contributed by atoms with E-state index in [0.717, 1.165) is 25.8 Å². The Bertz CT molecular complexity index is 288. The van der Waals surface area contributed by atoms with Crippen molar-refractivity contribution in [2.24, 2.45) is 0 Å². The molecule has 1 rings (SSSR count). The van der Waals surface area contributed by atoms with E-state index >= 15 is 0 Å². The van der Waals surface area contributed by atoms with Crippen LogP contribution in [-0.4, -0.2) is 54.7 Å². The summed E-state index contributed by atoms with van der Waals surface area (Å²) < 4.78 is 0. The van der Waals surface area contributed by atoms with E-state index < -0.39 is 11.5 Å². The molecule has 98 valence electrons. The molecule has 0 unspecified atom stereocenters. The number of carboxylic acids is 1. The predicted molar refractivity (Wildman–Crippen MR) is 63.9 cm³/mol. The van der Waals surface area contributed by atoms with Crippen molar-refractivity contribution in [3.05, 3.63) is 0 Å². The Balaban J connectivity index is 2.30. The lowest BCUT2D eigenvalue weighted by Crippen LogP contribution is -2.57. The molecule has 0 spiro atoms.